The van der Waals surface area contributed by atoms with Gasteiger partial charge in [0.2, 0.25) is 5.91 Å². The molecular weight excluding hydrogens is 557 g/mol. The minimum Gasteiger partial charge on any atom is -0.494 e. The monoisotopic (exact) mass is 597 g/mol. The summed E-state index contributed by atoms with van der Waals surface area (Å²) in [5.41, 5.74) is 1.77. The molecule has 0 radical (unpaired) electrons. The molecule has 42 heavy (non-hydrogen) atoms. The first-order chi connectivity index (χ1) is 20.3. The van der Waals surface area contributed by atoms with E-state index in [1.54, 1.807) is 25.3 Å². The molecule has 2 N–H and O–H groups in total. The molecule has 2 aromatic carbocycles. The Hall–Kier alpha value is -3.05. The van der Waals surface area contributed by atoms with Gasteiger partial charge in [0.25, 0.3) is 0 Å². The van der Waals surface area contributed by atoms with Gasteiger partial charge in [0, 0.05) is 61.8 Å². The number of aromatic nitrogens is 2. The van der Waals surface area contributed by atoms with Gasteiger partial charge in [-0.2, -0.15) is 0 Å². The number of rotatable bonds is 10. The molecule has 1 aromatic heterocycles. The number of piperidine rings is 1. The SMILES string of the molecule is COc1cc2ncnc(Nc3ccc(F)c(Cl)c3)c2cc1NC(=O)CCCN1CCC(N2CCN(C(C)C)CC2)CC1. The Labute approximate surface area is 252 Å². The molecule has 2 fully saturated rings. The van der Waals surface area contributed by atoms with Crippen LogP contribution in [0.15, 0.2) is 36.7 Å². The molecule has 0 aliphatic carbocycles. The Morgan fingerprint density at radius 2 is 1.86 bits per heavy atom. The van der Waals surface area contributed by atoms with Crippen LogP contribution in [0.5, 0.6) is 5.75 Å². The number of benzene rings is 2. The highest BCUT2D eigenvalue weighted by atomic mass is 35.5. The fourth-order valence-electron chi connectivity index (χ4n) is 5.96. The molecule has 2 saturated heterocycles. The van der Waals surface area contributed by atoms with Gasteiger partial charge in [-0.1, -0.05) is 11.6 Å². The molecule has 0 spiro atoms. The van der Waals surface area contributed by atoms with E-state index < -0.39 is 5.82 Å². The number of carbonyl (C=O) groups is 1. The second-order valence-corrected chi connectivity index (χ2v) is 11.8. The predicted molar refractivity (Wildman–Crippen MR) is 166 cm³/mol. The molecule has 2 aliphatic heterocycles. The Morgan fingerprint density at radius 3 is 2.55 bits per heavy atom. The summed E-state index contributed by atoms with van der Waals surface area (Å²) in [6, 6.07) is 9.24. The summed E-state index contributed by atoms with van der Waals surface area (Å²) in [6.45, 7) is 12.3. The smallest absolute Gasteiger partial charge is 0.224 e. The highest BCUT2D eigenvalue weighted by Gasteiger charge is 2.28. The van der Waals surface area contributed by atoms with Crippen molar-refractivity contribution >= 4 is 45.6 Å². The summed E-state index contributed by atoms with van der Waals surface area (Å²) in [5, 5.41) is 6.88. The lowest BCUT2D eigenvalue weighted by molar-refractivity contribution is -0.116. The minimum absolute atomic E-state index is 0.0116. The summed E-state index contributed by atoms with van der Waals surface area (Å²) in [4.78, 5) is 29.4. The van der Waals surface area contributed by atoms with E-state index in [2.05, 4.69) is 49.1 Å². The summed E-state index contributed by atoms with van der Waals surface area (Å²) >= 11 is 5.94. The fraction of sp³-hybridized carbons (Fsp3) is 0.516. The van der Waals surface area contributed by atoms with Crippen LogP contribution in [-0.2, 0) is 4.79 Å². The number of nitrogens with zero attached hydrogens (tertiary/aromatic N) is 5. The highest BCUT2D eigenvalue weighted by molar-refractivity contribution is 6.31. The lowest BCUT2D eigenvalue weighted by Gasteiger charge is -2.43. The second-order valence-electron chi connectivity index (χ2n) is 11.4. The number of amides is 1. The number of anilines is 3. The van der Waals surface area contributed by atoms with Crippen LogP contribution in [-0.4, -0.2) is 95.6 Å². The molecule has 3 aromatic rings. The van der Waals surface area contributed by atoms with Crippen LogP contribution in [0.2, 0.25) is 5.02 Å². The summed E-state index contributed by atoms with van der Waals surface area (Å²) < 4.78 is 19.2. The zero-order chi connectivity index (χ0) is 29.6. The van der Waals surface area contributed by atoms with Gasteiger partial charge >= 0.3 is 0 Å². The molecule has 0 saturated carbocycles. The van der Waals surface area contributed by atoms with E-state index in [0.29, 0.717) is 52.3 Å². The van der Waals surface area contributed by atoms with Crippen molar-refractivity contribution in [3.05, 3.63) is 47.5 Å². The summed E-state index contributed by atoms with van der Waals surface area (Å²) in [5.74, 6) is 0.458. The Bertz CT molecular complexity index is 1370. The molecule has 2 aliphatic rings. The van der Waals surface area contributed by atoms with E-state index >= 15 is 0 Å². The molecular formula is C31H41ClFN7O2. The normalized spacial score (nSPS) is 17.6. The lowest BCUT2D eigenvalue weighted by atomic mass is 10.0. The molecule has 226 valence electrons. The lowest BCUT2D eigenvalue weighted by Crippen LogP contribution is -2.54. The number of fused-ring (bicyclic) bond motifs is 1. The third-order valence-corrected chi connectivity index (χ3v) is 8.73. The van der Waals surface area contributed by atoms with Gasteiger partial charge in [0.1, 0.15) is 23.7 Å². The number of hydrogen-bond donors (Lipinski definition) is 2. The van der Waals surface area contributed by atoms with Gasteiger partial charge in [-0.15, -0.1) is 0 Å². The number of halogens is 2. The molecule has 9 nitrogen and oxygen atoms in total. The molecule has 0 atom stereocenters. The fourth-order valence-corrected chi connectivity index (χ4v) is 6.14. The second kappa shape index (κ2) is 13.9. The summed E-state index contributed by atoms with van der Waals surface area (Å²) in [7, 11) is 1.56. The number of piperazine rings is 1. The van der Waals surface area contributed by atoms with Crippen LogP contribution < -0.4 is 15.4 Å². The quantitative estimate of drug-likeness (QED) is 0.322. The first-order valence-electron chi connectivity index (χ1n) is 14.9. The van der Waals surface area contributed by atoms with E-state index in [9.17, 15) is 9.18 Å². The van der Waals surface area contributed by atoms with Crippen molar-refractivity contribution in [1.82, 2.24) is 24.7 Å². The van der Waals surface area contributed by atoms with Crippen molar-refractivity contribution in [1.29, 1.82) is 0 Å². The maximum absolute atomic E-state index is 13.6. The molecule has 0 unspecified atom stereocenters. The van der Waals surface area contributed by atoms with Crippen molar-refractivity contribution in [3.8, 4) is 5.75 Å². The highest BCUT2D eigenvalue weighted by Crippen LogP contribution is 2.34. The van der Waals surface area contributed by atoms with Crippen molar-refractivity contribution in [2.75, 3.05) is 63.6 Å². The van der Waals surface area contributed by atoms with Gasteiger partial charge in [0.05, 0.1) is 23.3 Å². The van der Waals surface area contributed by atoms with Crippen LogP contribution in [0, 0.1) is 5.82 Å². The largest absolute Gasteiger partial charge is 0.494 e. The zero-order valence-electron chi connectivity index (χ0n) is 24.7. The molecule has 3 heterocycles. The molecule has 11 heteroatoms. The number of likely N-dealkylation sites (tertiary alicyclic amines) is 1. The number of nitrogens with one attached hydrogen (secondary N) is 2. The van der Waals surface area contributed by atoms with Crippen molar-refractivity contribution in [3.63, 3.8) is 0 Å². The minimum atomic E-state index is -0.496. The van der Waals surface area contributed by atoms with Crippen LogP contribution in [0.4, 0.5) is 21.6 Å². The average Bonchev–Trinajstić information content (AvgIpc) is 2.99. The third-order valence-electron chi connectivity index (χ3n) is 8.44. The van der Waals surface area contributed by atoms with Gasteiger partial charge in [-0.25, -0.2) is 14.4 Å². The first-order valence-corrected chi connectivity index (χ1v) is 15.2. The van der Waals surface area contributed by atoms with Gasteiger partial charge in [-0.05, 0) is 77.0 Å². The number of ether oxygens (including phenoxy) is 1. The number of carbonyl (C=O) groups excluding carboxylic acids is 1. The molecule has 0 bridgehead atoms. The number of hydrogen-bond acceptors (Lipinski definition) is 8. The zero-order valence-corrected chi connectivity index (χ0v) is 25.5. The third kappa shape index (κ3) is 7.47. The van der Waals surface area contributed by atoms with E-state index in [1.807, 2.05) is 0 Å². The van der Waals surface area contributed by atoms with E-state index in [-0.39, 0.29) is 10.9 Å². The van der Waals surface area contributed by atoms with E-state index in [0.717, 1.165) is 26.1 Å². The Morgan fingerprint density at radius 1 is 1.10 bits per heavy atom. The maximum Gasteiger partial charge on any atom is 0.224 e. The standard InChI is InChI=1S/C31H41ClFN7O2/c1-21(2)39-13-15-40(16-14-39)23-8-11-38(12-9-23)10-4-5-30(41)37-28-18-24-27(19-29(28)42-3)34-20-35-31(24)36-22-6-7-26(33)25(32)17-22/h6-7,17-21,23H,4-5,8-16H2,1-3H3,(H,37,41)(H,34,35,36). The average molecular weight is 598 g/mol. The number of methoxy groups -OCH3 is 1. The molecule has 5 rings (SSSR count). The van der Waals surface area contributed by atoms with E-state index in [1.165, 1.54) is 57.5 Å². The van der Waals surface area contributed by atoms with Crippen LogP contribution in [0.3, 0.4) is 0 Å². The summed E-state index contributed by atoms with van der Waals surface area (Å²) in [6.07, 6.45) is 5.04. The van der Waals surface area contributed by atoms with Crippen molar-refractivity contribution in [2.45, 2.75) is 51.6 Å². The predicted octanol–water partition coefficient (Wildman–Crippen LogP) is 5.38. The van der Waals surface area contributed by atoms with Gasteiger partial charge < -0.3 is 20.3 Å². The van der Waals surface area contributed by atoms with Gasteiger partial charge in [-0.3, -0.25) is 14.6 Å². The topological polar surface area (TPSA) is 85.9 Å². The molecule has 1 amide bonds. The van der Waals surface area contributed by atoms with Gasteiger partial charge in [0.15, 0.2) is 0 Å². The van der Waals surface area contributed by atoms with Crippen LogP contribution in [0.1, 0.15) is 39.5 Å². The van der Waals surface area contributed by atoms with Crippen LogP contribution >= 0.6 is 11.6 Å². The maximum atomic E-state index is 13.6. The Balaban J connectivity index is 1.13. The van der Waals surface area contributed by atoms with Crippen molar-refractivity contribution in [2.24, 2.45) is 0 Å². The van der Waals surface area contributed by atoms with Crippen LogP contribution in [0.25, 0.3) is 10.9 Å². The first kappa shape index (κ1) is 30.4. The Kier molecular flexibility index (Phi) is 10.1. The van der Waals surface area contributed by atoms with Crippen molar-refractivity contribution < 1.29 is 13.9 Å². The van der Waals surface area contributed by atoms with E-state index in [4.69, 9.17) is 16.3 Å².